The van der Waals surface area contributed by atoms with Crippen LogP contribution < -0.4 is 0 Å². The van der Waals surface area contributed by atoms with Gasteiger partial charge in [-0.3, -0.25) is 4.79 Å². The summed E-state index contributed by atoms with van der Waals surface area (Å²) in [6.07, 6.45) is -2.05. The van der Waals surface area contributed by atoms with Crippen molar-refractivity contribution in [3.05, 3.63) is 0 Å². The predicted molar refractivity (Wildman–Crippen MR) is 88.4 cm³/mol. The lowest BCUT2D eigenvalue weighted by Crippen LogP contribution is -2.66. The Morgan fingerprint density at radius 3 is 1.53 bits per heavy atom. The van der Waals surface area contributed by atoms with E-state index in [-0.39, 0.29) is 18.3 Å². The molecule has 30 heavy (non-hydrogen) atoms. The molecule has 0 aromatic carbocycles. The van der Waals surface area contributed by atoms with Crippen molar-refractivity contribution in [2.24, 2.45) is 17.3 Å². The van der Waals surface area contributed by atoms with Crippen molar-refractivity contribution in [3.8, 4) is 0 Å². The van der Waals surface area contributed by atoms with Crippen LogP contribution in [0.5, 0.6) is 0 Å². The van der Waals surface area contributed by atoms with E-state index in [0.717, 1.165) is 0 Å². The molecule has 0 saturated carbocycles. The molecule has 0 fully saturated rings. The summed E-state index contributed by atoms with van der Waals surface area (Å²) in [6, 6.07) is 0. The lowest BCUT2D eigenvalue weighted by atomic mass is 9.73. The summed E-state index contributed by atoms with van der Waals surface area (Å²) in [5.41, 5.74) is -1.22. The van der Waals surface area contributed by atoms with E-state index >= 15 is 0 Å². The first-order chi connectivity index (χ1) is 13.0. The molecule has 0 aliphatic carbocycles. The van der Waals surface area contributed by atoms with Crippen LogP contribution in [0.1, 0.15) is 54.4 Å². The minimum Gasteiger partial charge on any atom is -0.465 e. The highest BCUT2D eigenvalue weighted by Crippen LogP contribution is 2.57. The van der Waals surface area contributed by atoms with Crippen LogP contribution in [0.15, 0.2) is 0 Å². The van der Waals surface area contributed by atoms with Crippen molar-refractivity contribution >= 4 is 5.97 Å². The van der Waals surface area contributed by atoms with Crippen LogP contribution in [-0.4, -0.2) is 42.2 Å². The topological polar surface area (TPSA) is 26.3 Å². The Kier molecular flexibility index (Phi) is 8.36. The van der Waals surface area contributed by atoms with Crippen LogP contribution in [0.2, 0.25) is 0 Å². The van der Waals surface area contributed by atoms with Gasteiger partial charge in [-0.05, 0) is 25.2 Å². The van der Waals surface area contributed by atoms with E-state index in [9.17, 15) is 48.7 Å². The van der Waals surface area contributed by atoms with E-state index < -0.39 is 60.9 Å². The van der Waals surface area contributed by atoms with E-state index in [2.05, 4.69) is 4.74 Å². The van der Waals surface area contributed by atoms with Crippen molar-refractivity contribution in [3.63, 3.8) is 0 Å². The van der Waals surface area contributed by atoms with Crippen LogP contribution >= 0.6 is 0 Å². The Morgan fingerprint density at radius 2 is 1.20 bits per heavy atom. The highest BCUT2D eigenvalue weighted by atomic mass is 19.4. The van der Waals surface area contributed by atoms with Gasteiger partial charge < -0.3 is 4.74 Å². The summed E-state index contributed by atoms with van der Waals surface area (Å²) in [7, 11) is 0. The lowest BCUT2D eigenvalue weighted by molar-refractivity contribution is -0.399. The fourth-order valence-corrected chi connectivity index (χ4v) is 2.70. The van der Waals surface area contributed by atoms with Gasteiger partial charge in [-0.1, -0.05) is 27.7 Å². The van der Waals surface area contributed by atoms with Crippen LogP contribution in [-0.2, 0) is 9.53 Å². The molecule has 0 radical (unpaired) electrons. The summed E-state index contributed by atoms with van der Waals surface area (Å²) < 4.78 is 138. The molecule has 0 heterocycles. The lowest BCUT2D eigenvalue weighted by Gasteiger charge is -2.38. The number of carbonyl (C=O) groups excluding carboxylic acids is 1. The van der Waals surface area contributed by atoms with E-state index in [1.807, 2.05) is 0 Å². The molecule has 0 bridgehead atoms. The first kappa shape index (κ1) is 28.8. The fourth-order valence-electron chi connectivity index (χ4n) is 2.70. The van der Waals surface area contributed by atoms with Crippen LogP contribution in [0.25, 0.3) is 0 Å². The number of rotatable bonds is 11. The van der Waals surface area contributed by atoms with Crippen LogP contribution in [0.4, 0.5) is 43.9 Å². The highest BCUT2D eigenvalue weighted by molar-refractivity contribution is 5.76. The molecule has 1 atom stereocenters. The third-order valence-electron chi connectivity index (χ3n) is 5.02. The second kappa shape index (κ2) is 8.72. The Balaban J connectivity index is 5.52. The van der Waals surface area contributed by atoms with Crippen molar-refractivity contribution in [2.45, 2.75) is 84.0 Å². The van der Waals surface area contributed by atoms with Gasteiger partial charge in [-0.15, -0.1) is 0 Å². The average Bonchev–Trinajstić information content (AvgIpc) is 2.51. The van der Waals surface area contributed by atoms with Gasteiger partial charge in [-0.2, -0.15) is 43.9 Å². The molecule has 0 aliphatic heterocycles. The van der Waals surface area contributed by atoms with Gasteiger partial charge in [0.25, 0.3) is 0 Å². The molecule has 0 rings (SSSR count). The summed E-state index contributed by atoms with van der Waals surface area (Å²) >= 11 is 0. The molecule has 0 aromatic heterocycles. The summed E-state index contributed by atoms with van der Waals surface area (Å²) in [6.45, 7) is 5.85. The van der Waals surface area contributed by atoms with Crippen molar-refractivity contribution in [1.29, 1.82) is 0 Å². The van der Waals surface area contributed by atoms with Crippen molar-refractivity contribution < 1.29 is 53.4 Å². The zero-order chi connectivity index (χ0) is 24.6. The molecule has 0 saturated heterocycles. The SMILES string of the molecule is CC(C)CC(C)(C(=O)OCCC(F)(F)C(F)(F)C(F)(F)C(F)(F)C(C)(F)F)C(C)C. The summed E-state index contributed by atoms with van der Waals surface area (Å²) in [5, 5.41) is 0. The van der Waals surface area contributed by atoms with Gasteiger partial charge >= 0.3 is 35.6 Å². The zero-order valence-corrected chi connectivity index (χ0v) is 17.4. The highest BCUT2D eigenvalue weighted by Gasteiger charge is 2.85. The summed E-state index contributed by atoms with van der Waals surface area (Å²) in [5.74, 6) is -33.8. The van der Waals surface area contributed by atoms with Gasteiger partial charge in [0.05, 0.1) is 18.4 Å². The molecule has 1 unspecified atom stereocenters. The zero-order valence-electron chi connectivity index (χ0n) is 17.4. The molecule has 180 valence electrons. The number of alkyl halides is 10. The molecule has 0 amide bonds. The maximum Gasteiger partial charge on any atom is 0.384 e. The molecule has 0 spiro atoms. The average molecular weight is 464 g/mol. The second-order valence-corrected chi connectivity index (χ2v) is 8.37. The molecule has 0 aromatic rings. The van der Waals surface area contributed by atoms with E-state index in [1.54, 1.807) is 27.7 Å². The summed E-state index contributed by atoms with van der Waals surface area (Å²) in [4.78, 5) is 12.2. The largest absolute Gasteiger partial charge is 0.465 e. The normalized spacial score (nSPS) is 16.7. The van der Waals surface area contributed by atoms with Gasteiger partial charge in [0.15, 0.2) is 0 Å². The smallest absolute Gasteiger partial charge is 0.384 e. The number of hydrogen-bond donors (Lipinski definition) is 0. The van der Waals surface area contributed by atoms with Gasteiger partial charge in [0.1, 0.15) is 0 Å². The minimum absolute atomic E-state index is 0.0487. The Labute approximate surface area is 168 Å². The first-order valence-corrected chi connectivity index (χ1v) is 9.05. The maximum absolute atomic E-state index is 13.7. The van der Waals surface area contributed by atoms with Crippen LogP contribution in [0.3, 0.4) is 0 Å². The van der Waals surface area contributed by atoms with Gasteiger partial charge in [0.2, 0.25) is 0 Å². The van der Waals surface area contributed by atoms with E-state index in [0.29, 0.717) is 0 Å². The van der Waals surface area contributed by atoms with Crippen LogP contribution in [0, 0.1) is 17.3 Å². The third kappa shape index (κ3) is 5.15. The van der Waals surface area contributed by atoms with Gasteiger partial charge in [-0.25, -0.2) is 0 Å². The second-order valence-electron chi connectivity index (χ2n) is 8.37. The monoisotopic (exact) mass is 464 g/mol. The predicted octanol–water partition coefficient (Wildman–Crippen LogP) is 6.82. The standard InChI is InChI=1S/C18H26F10O2/c1-10(2)9-13(5,11(3)4)12(29)30-8-7-15(21,22)17(25,26)18(27,28)16(23,24)14(6,19)20/h10-11H,7-9H2,1-6H3. The van der Waals surface area contributed by atoms with Crippen molar-refractivity contribution in [1.82, 2.24) is 0 Å². The van der Waals surface area contributed by atoms with Gasteiger partial charge in [0, 0.05) is 6.92 Å². The first-order valence-electron chi connectivity index (χ1n) is 9.05. The Morgan fingerprint density at radius 1 is 0.767 bits per heavy atom. The van der Waals surface area contributed by atoms with E-state index in [4.69, 9.17) is 0 Å². The number of hydrogen-bond acceptors (Lipinski definition) is 2. The Hall–Kier alpha value is -1.23. The molecule has 0 N–H and O–H groups in total. The molecule has 0 aliphatic rings. The van der Waals surface area contributed by atoms with E-state index in [1.165, 1.54) is 6.92 Å². The number of ether oxygens (including phenoxy) is 1. The maximum atomic E-state index is 13.7. The molecule has 12 heteroatoms. The fraction of sp³-hybridized carbons (Fsp3) is 0.944. The number of esters is 1. The number of halogens is 10. The Bertz CT molecular complexity index is 596. The number of carbonyl (C=O) groups is 1. The molecule has 2 nitrogen and oxygen atoms in total. The van der Waals surface area contributed by atoms with Crippen molar-refractivity contribution in [2.75, 3.05) is 6.61 Å². The minimum atomic E-state index is -7.09. The third-order valence-corrected chi connectivity index (χ3v) is 5.02. The molecular weight excluding hydrogens is 438 g/mol. The quantitative estimate of drug-likeness (QED) is 0.248. The molecular formula is C18H26F10O2.